The Morgan fingerprint density at radius 3 is 2.03 bits per heavy atom. The molecule has 1 unspecified atom stereocenters. The Hall–Kier alpha value is -5.92. The lowest BCUT2D eigenvalue weighted by atomic mass is 9.94. The van der Waals surface area contributed by atoms with E-state index in [4.69, 9.17) is 19.2 Å². The lowest BCUT2D eigenvalue weighted by molar-refractivity contribution is -0.153. The summed E-state index contributed by atoms with van der Waals surface area (Å²) >= 11 is 0. The van der Waals surface area contributed by atoms with Crippen molar-refractivity contribution in [3.8, 4) is 33.6 Å². The van der Waals surface area contributed by atoms with Crippen molar-refractivity contribution in [3.63, 3.8) is 0 Å². The van der Waals surface area contributed by atoms with E-state index >= 15 is 0 Å². The number of halogens is 2. The molecule has 3 saturated heterocycles. The van der Waals surface area contributed by atoms with Crippen LogP contribution in [0.25, 0.3) is 33.6 Å². The Labute approximate surface area is 357 Å². The molecule has 7 rings (SSSR count). The van der Waals surface area contributed by atoms with Crippen LogP contribution in [0.5, 0.6) is 0 Å². The van der Waals surface area contributed by atoms with Crippen LogP contribution in [-0.2, 0) is 38.8 Å². The number of H-pyrrole nitrogens is 2. The van der Waals surface area contributed by atoms with Gasteiger partial charge >= 0.3 is 18.8 Å². The van der Waals surface area contributed by atoms with Gasteiger partial charge in [0, 0.05) is 19.4 Å². The largest absolute Gasteiger partial charge is 0.453 e. The molecule has 3 aliphatic rings. The number of hydrogen-bond acceptors (Lipinski definition) is 11. The number of amides is 4. The number of imidazole rings is 2. The van der Waals surface area contributed by atoms with E-state index in [0.29, 0.717) is 50.7 Å². The number of nitrogens with zero attached hydrogens (tertiary/aromatic N) is 4. The van der Waals surface area contributed by atoms with E-state index in [1.807, 2.05) is 69.3 Å². The lowest BCUT2D eigenvalue weighted by Gasteiger charge is -2.36. The van der Waals surface area contributed by atoms with Crippen LogP contribution in [0.3, 0.4) is 0 Å². The van der Waals surface area contributed by atoms with Gasteiger partial charge in [-0.2, -0.15) is 8.78 Å². The Morgan fingerprint density at radius 1 is 0.855 bits per heavy atom. The van der Waals surface area contributed by atoms with Gasteiger partial charge in [-0.25, -0.2) is 19.6 Å². The number of ether oxygens (including phenoxy) is 5. The normalized spacial score (nSPS) is 20.5. The molecule has 0 saturated carbocycles. The molecule has 4 aromatic rings. The minimum atomic E-state index is -3.00. The second-order valence-corrected chi connectivity index (χ2v) is 16.1. The fourth-order valence-corrected chi connectivity index (χ4v) is 8.51. The highest BCUT2D eigenvalue weighted by molar-refractivity contribution is 5.87. The van der Waals surface area contributed by atoms with E-state index in [-0.39, 0.29) is 24.8 Å². The number of likely N-dealkylation sites (tertiary alicyclic amines) is 2. The van der Waals surface area contributed by atoms with E-state index in [9.17, 15) is 28.0 Å². The first kappa shape index (κ1) is 44.1. The van der Waals surface area contributed by atoms with Crippen LogP contribution >= 0.6 is 0 Å². The van der Waals surface area contributed by atoms with E-state index in [1.54, 1.807) is 22.2 Å². The summed E-state index contributed by atoms with van der Waals surface area (Å²) in [5.74, 6) is -0.817. The number of carbonyl (C=O) groups excluding carboxylic acids is 4. The number of benzene rings is 2. The van der Waals surface area contributed by atoms with Crippen molar-refractivity contribution in [1.29, 1.82) is 0 Å². The third-order valence-electron chi connectivity index (χ3n) is 11.8. The molecule has 3 aliphatic heterocycles. The van der Waals surface area contributed by atoms with Crippen molar-refractivity contribution in [1.82, 2.24) is 40.4 Å². The van der Waals surface area contributed by atoms with Crippen LogP contribution in [0.4, 0.5) is 18.4 Å². The second kappa shape index (κ2) is 18.6. The van der Waals surface area contributed by atoms with Gasteiger partial charge in [0.15, 0.2) is 5.79 Å². The van der Waals surface area contributed by atoms with Crippen molar-refractivity contribution in [2.45, 2.75) is 82.5 Å². The van der Waals surface area contributed by atoms with Gasteiger partial charge < -0.3 is 54.1 Å². The van der Waals surface area contributed by atoms with Crippen molar-refractivity contribution in [2.75, 3.05) is 47.1 Å². The third kappa shape index (κ3) is 9.29. The molecule has 62 heavy (non-hydrogen) atoms. The van der Waals surface area contributed by atoms with Gasteiger partial charge in [0.2, 0.25) is 11.8 Å². The number of nitrogens with one attached hydrogen (secondary N) is 4. The van der Waals surface area contributed by atoms with Crippen molar-refractivity contribution < 1.29 is 51.6 Å². The molecule has 0 aliphatic carbocycles. The Kier molecular flexibility index (Phi) is 13.2. The van der Waals surface area contributed by atoms with Gasteiger partial charge in [-0.05, 0) is 47.9 Å². The molecule has 19 heteroatoms. The summed E-state index contributed by atoms with van der Waals surface area (Å²) < 4.78 is 51.2. The van der Waals surface area contributed by atoms with E-state index in [0.717, 1.165) is 40.8 Å². The monoisotopic (exact) mass is 862 g/mol. The van der Waals surface area contributed by atoms with Crippen molar-refractivity contribution >= 4 is 24.0 Å². The number of carbonyl (C=O) groups is 4. The molecule has 3 fully saturated rings. The first-order valence-corrected chi connectivity index (χ1v) is 20.5. The first-order chi connectivity index (χ1) is 29.7. The number of rotatable bonds is 14. The Morgan fingerprint density at radius 2 is 1.44 bits per heavy atom. The Balaban J connectivity index is 1.03. The fraction of sp³-hybridized carbons (Fsp3) is 0.488. The molecule has 4 amide bonds. The standard InChI is InChI=1S/C43H52F2N8O9/c1-25(2)34(51-41(57)59-5)37(55)53-24-43(61-19-20-62-43)23-42(53,3)38-47-22-32(49-38)29-14-10-27(11-15-29)26-8-12-28(13-9-26)31-21-46-35(48-31)33-7-6-17-52(33)36(54)30(50-40(56)58-4)16-18-60-39(44)45/h8-15,21-22,25,30,33-34,39H,6-7,16-20,23-24H2,1-5H3,(H,46,48)(H,47,49)(H,50,56)(H,51,57)/t30-,33-,34-,42?/m0/s1. The van der Waals surface area contributed by atoms with Crippen LogP contribution in [-0.4, -0.2) is 125 Å². The summed E-state index contributed by atoms with van der Waals surface area (Å²) in [5, 5.41) is 5.13. The van der Waals surface area contributed by atoms with Gasteiger partial charge in [0.1, 0.15) is 29.3 Å². The van der Waals surface area contributed by atoms with Gasteiger partial charge in [-0.15, -0.1) is 0 Å². The summed E-state index contributed by atoms with van der Waals surface area (Å²) in [6, 6.07) is 13.6. The first-order valence-electron chi connectivity index (χ1n) is 20.5. The van der Waals surface area contributed by atoms with E-state index in [2.05, 4.69) is 35.1 Å². The number of aromatic amines is 2. The summed E-state index contributed by atoms with van der Waals surface area (Å²) in [5.41, 5.74) is 4.28. The molecule has 5 heterocycles. The number of hydrogen-bond donors (Lipinski definition) is 4. The van der Waals surface area contributed by atoms with E-state index < -0.39 is 60.8 Å². The summed E-state index contributed by atoms with van der Waals surface area (Å²) in [7, 11) is 2.41. The van der Waals surface area contributed by atoms with Crippen LogP contribution in [0, 0.1) is 5.92 Å². The van der Waals surface area contributed by atoms with E-state index in [1.165, 1.54) is 7.11 Å². The number of alkyl halides is 2. The average molecular weight is 863 g/mol. The maximum absolute atomic E-state index is 14.2. The predicted molar refractivity (Wildman–Crippen MR) is 219 cm³/mol. The number of methoxy groups -OCH3 is 2. The fourth-order valence-electron chi connectivity index (χ4n) is 8.51. The minimum absolute atomic E-state index is 0.155. The number of alkyl carbamates (subject to hydrolysis) is 2. The second-order valence-electron chi connectivity index (χ2n) is 16.1. The molecular weight excluding hydrogens is 811 g/mol. The van der Waals surface area contributed by atoms with Gasteiger partial charge in [-0.1, -0.05) is 62.4 Å². The maximum Gasteiger partial charge on any atom is 0.407 e. The molecule has 0 bridgehead atoms. The zero-order chi connectivity index (χ0) is 44.2. The third-order valence-corrected chi connectivity index (χ3v) is 11.8. The molecule has 4 N–H and O–H groups in total. The molecule has 17 nitrogen and oxygen atoms in total. The van der Waals surface area contributed by atoms with Gasteiger partial charge in [0.25, 0.3) is 0 Å². The topological polar surface area (TPSA) is 202 Å². The highest BCUT2D eigenvalue weighted by Crippen LogP contribution is 2.47. The summed E-state index contributed by atoms with van der Waals surface area (Å²) in [6.07, 6.45) is 3.41. The maximum atomic E-state index is 14.2. The molecule has 1 spiro atoms. The van der Waals surface area contributed by atoms with Gasteiger partial charge in [0.05, 0.1) is 70.4 Å². The van der Waals surface area contributed by atoms with Crippen molar-refractivity contribution in [2.24, 2.45) is 5.92 Å². The molecular formula is C43H52F2N8O9. The molecule has 2 aromatic heterocycles. The van der Waals surface area contributed by atoms with Crippen LogP contribution in [0.1, 0.15) is 64.1 Å². The molecule has 0 radical (unpaired) electrons. The van der Waals surface area contributed by atoms with Crippen LogP contribution in [0.2, 0.25) is 0 Å². The van der Waals surface area contributed by atoms with Gasteiger partial charge in [-0.3, -0.25) is 9.59 Å². The van der Waals surface area contributed by atoms with Crippen LogP contribution in [0.15, 0.2) is 60.9 Å². The highest BCUT2D eigenvalue weighted by atomic mass is 19.3. The average Bonchev–Trinajstić information content (AvgIpc) is 4.13. The van der Waals surface area contributed by atoms with Crippen LogP contribution < -0.4 is 10.6 Å². The zero-order valence-electron chi connectivity index (χ0n) is 35.2. The van der Waals surface area contributed by atoms with Crippen molar-refractivity contribution in [3.05, 3.63) is 72.6 Å². The smallest absolute Gasteiger partial charge is 0.407 e. The summed E-state index contributed by atoms with van der Waals surface area (Å²) in [4.78, 5) is 71.3. The quantitative estimate of drug-likeness (QED) is 0.121. The minimum Gasteiger partial charge on any atom is -0.453 e. The predicted octanol–water partition coefficient (Wildman–Crippen LogP) is 5.72. The molecule has 4 atom stereocenters. The Bertz CT molecular complexity index is 2210. The zero-order valence-corrected chi connectivity index (χ0v) is 35.2. The molecule has 2 aromatic carbocycles. The SMILES string of the molecule is COC(=O)N[C@@H](CCOC(F)F)C(=O)N1CCC[C@H]1c1ncc(-c2ccc(-c3ccc(-c4cnc(C5(C)CC6(CN5C(=O)[C@@H](NC(=O)OC)C(C)C)OCCO6)[nH]4)cc3)cc2)[nH]1. The highest BCUT2D eigenvalue weighted by Gasteiger charge is 2.59. The summed E-state index contributed by atoms with van der Waals surface area (Å²) in [6.45, 7) is 3.61. The lowest BCUT2D eigenvalue weighted by Crippen LogP contribution is -2.55. The number of aromatic nitrogens is 4. The molecule has 332 valence electrons.